The second kappa shape index (κ2) is 8.10. The number of ketones is 1. The molecule has 0 radical (unpaired) electrons. The second-order valence-corrected chi connectivity index (χ2v) is 5.07. The van der Waals surface area contributed by atoms with E-state index in [1.807, 2.05) is 0 Å². The van der Waals surface area contributed by atoms with Gasteiger partial charge in [-0.2, -0.15) is 0 Å². The minimum absolute atomic E-state index is 0.108. The smallest absolute Gasteiger partial charge is 0.224 e. The number of carbonyl (C=O) groups is 2. The van der Waals surface area contributed by atoms with Crippen LogP contribution in [0.25, 0.3) is 0 Å². The molecule has 24 heavy (non-hydrogen) atoms. The van der Waals surface area contributed by atoms with Gasteiger partial charge in [-0.05, 0) is 42.0 Å². The fourth-order valence-corrected chi connectivity index (χ4v) is 2.16. The average Bonchev–Trinajstić information content (AvgIpc) is 2.60. The molecule has 0 atom stereocenters. The lowest BCUT2D eigenvalue weighted by molar-refractivity contribution is -0.120. The van der Waals surface area contributed by atoms with Gasteiger partial charge in [0.15, 0.2) is 17.3 Å². The molecular weight excluding hydrogens is 313 g/mol. The Bertz CT molecular complexity index is 728. The number of hydrogen-bond acceptors (Lipinski definition) is 4. The van der Waals surface area contributed by atoms with Gasteiger partial charge in [0.05, 0.1) is 27.2 Å². The molecule has 5 nitrogen and oxygen atoms in total. The van der Waals surface area contributed by atoms with Crippen molar-refractivity contribution in [2.24, 2.45) is 0 Å². The predicted molar refractivity (Wildman–Crippen MR) is 87.0 cm³/mol. The van der Waals surface area contributed by atoms with E-state index < -0.39 is 5.82 Å². The monoisotopic (exact) mass is 331 g/mol. The summed E-state index contributed by atoms with van der Waals surface area (Å²) >= 11 is 0. The number of halogens is 1. The zero-order valence-electron chi connectivity index (χ0n) is 13.5. The van der Waals surface area contributed by atoms with E-state index in [0.717, 1.165) is 5.56 Å². The molecule has 2 aromatic carbocycles. The van der Waals surface area contributed by atoms with E-state index in [1.165, 1.54) is 38.5 Å². The molecule has 0 saturated heterocycles. The first kappa shape index (κ1) is 17.5. The van der Waals surface area contributed by atoms with Crippen molar-refractivity contribution in [1.82, 2.24) is 5.32 Å². The molecule has 126 valence electrons. The van der Waals surface area contributed by atoms with Gasteiger partial charge < -0.3 is 14.8 Å². The van der Waals surface area contributed by atoms with Crippen molar-refractivity contribution in [1.29, 1.82) is 0 Å². The van der Waals surface area contributed by atoms with Crippen LogP contribution in [0.15, 0.2) is 42.5 Å². The highest BCUT2D eigenvalue weighted by Crippen LogP contribution is 2.27. The predicted octanol–water partition coefficient (Wildman–Crippen LogP) is 2.38. The maximum Gasteiger partial charge on any atom is 0.224 e. The van der Waals surface area contributed by atoms with Crippen LogP contribution >= 0.6 is 0 Å². The summed E-state index contributed by atoms with van der Waals surface area (Å²) in [5.74, 6) is 0.121. The first-order valence-corrected chi connectivity index (χ1v) is 7.30. The van der Waals surface area contributed by atoms with Gasteiger partial charge in [0, 0.05) is 5.56 Å². The minimum Gasteiger partial charge on any atom is -0.493 e. The van der Waals surface area contributed by atoms with Crippen molar-refractivity contribution in [3.05, 3.63) is 59.4 Å². The van der Waals surface area contributed by atoms with E-state index in [-0.39, 0.29) is 24.7 Å². The summed E-state index contributed by atoms with van der Waals surface area (Å²) < 4.78 is 23.1. The number of amides is 1. The van der Waals surface area contributed by atoms with Gasteiger partial charge in [0.25, 0.3) is 0 Å². The average molecular weight is 331 g/mol. The van der Waals surface area contributed by atoms with Crippen molar-refractivity contribution in [3.63, 3.8) is 0 Å². The summed E-state index contributed by atoms with van der Waals surface area (Å²) in [6.07, 6.45) is 0.108. The molecule has 2 aromatic rings. The molecule has 1 amide bonds. The van der Waals surface area contributed by atoms with Crippen LogP contribution in [0.4, 0.5) is 4.39 Å². The molecule has 0 aliphatic carbocycles. The van der Waals surface area contributed by atoms with Crippen molar-refractivity contribution in [3.8, 4) is 11.5 Å². The summed E-state index contributed by atoms with van der Waals surface area (Å²) in [6.45, 7) is -0.141. The number of carbonyl (C=O) groups excluding carboxylic acids is 2. The number of benzene rings is 2. The third-order valence-electron chi connectivity index (χ3n) is 3.42. The van der Waals surface area contributed by atoms with Crippen LogP contribution in [0.5, 0.6) is 11.5 Å². The van der Waals surface area contributed by atoms with Crippen molar-refractivity contribution in [2.75, 3.05) is 20.8 Å². The molecule has 1 N–H and O–H groups in total. The topological polar surface area (TPSA) is 64.6 Å². The maximum atomic E-state index is 12.8. The summed E-state index contributed by atoms with van der Waals surface area (Å²) in [5.41, 5.74) is 1.09. The summed E-state index contributed by atoms with van der Waals surface area (Å²) in [5, 5.41) is 2.56. The Hall–Kier alpha value is -2.89. The third kappa shape index (κ3) is 4.55. The SMILES string of the molecule is COc1ccc(CC(=O)NCC(=O)c2ccc(F)cc2)cc1OC. The van der Waals surface area contributed by atoms with Crippen LogP contribution in [0.2, 0.25) is 0 Å². The Morgan fingerprint density at radius 3 is 2.29 bits per heavy atom. The Balaban J connectivity index is 1.91. The van der Waals surface area contributed by atoms with Crippen LogP contribution in [-0.2, 0) is 11.2 Å². The lowest BCUT2D eigenvalue weighted by Crippen LogP contribution is -2.30. The third-order valence-corrected chi connectivity index (χ3v) is 3.42. The fourth-order valence-electron chi connectivity index (χ4n) is 2.16. The Labute approximate surface area is 139 Å². The van der Waals surface area contributed by atoms with Gasteiger partial charge >= 0.3 is 0 Å². The molecule has 6 heteroatoms. The number of rotatable bonds is 7. The van der Waals surface area contributed by atoms with Gasteiger partial charge in [0.2, 0.25) is 5.91 Å². The molecule has 0 unspecified atom stereocenters. The molecular formula is C18H18FNO4. The zero-order chi connectivity index (χ0) is 17.5. The Morgan fingerprint density at radius 1 is 1.00 bits per heavy atom. The number of hydrogen-bond donors (Lipinski definition) is 1. The Kier molecular flexibility index (Phi) is 5.89. The molecule has 2 rings (SSSR count). The molecule has 0 spiro atoms. The van der Waals surface area contributed by atoms with Gasteiger partial charge in [-0.15, -0.1) is 0 Å². The van der Waals surface area contributed by atoms with Crippen molar-refractivity contribution in [2.45, 2.75) is 6.42 Å². The van der Waals surface area contributed by atoms with Gasteiger partial charge in [-0.25, -0.2) is 4.39 Å². The van der Waals surface area contributed by atoms with Crippen LogP contribution in [0.3, 0.4) is 0 Å². The highest BCUT2D eigenvalue weighted by Gasteiger charge is 2.11. The molecule has 0 saturated carbocycles. The Morgan fingerprint density at radius 2 is 1.67 bits per heavy atom. The van der Waals surface area contributed by atoms with Crippen LogP contribution in [-0.4, -0.2) is 32.5 Å². The lowest BCUT2D eigenvalue weighted by atomic mass is 10.1. The number of methoxy groups -OCH3 is 2. The largest absolute Gasteiger partial charge is 0.493 e. The number of nitrogens with one attached hydrogen (secondary N) is 1. The molecule has 0 bridgehead atoms. The molecule has 0 heterocycles. The highest BCUT2D eigenvalue weighted by molar-refractivity contribution is 5.99. The number of ether oxygens (including phenoxy) is 2. The van der Waals surface area contributed by atoms with E-state index >= 15 is 0 Å². The van der Waals surface area contributed by atoms with Crippen LogP contribution < -0.4 is 14.8 Å². The van der Waals surface area contributed by atoms with Gasteiger partial charge in [-0.1, -0.05) is 6.07 Å². The van der Waals surface area contributed by atoms with Gasteiger partial charge in [0.1, 0.15) is 5.82 Å². The van der Waals surface area contributed by atoms with E-state index in [0.29, 0.717) is 17.1 Å². The van der Waals surface area contributed by atoms with E-state index in [4.69, 9.17) is 9.47 Å². The van der Waals surface area contributed by atoms with E-state index in [1.54, 1.807) is 18.2 Å². The van der Waals surface area contributed by atoms with Crippen LogP contribution in [0.1, 0.15) is 15.9 Å². The molecule has 0 fully saturated rings. The first-order valence-electron chi connectivity index (χ1n) is 7.30. The second-order valence-electron chi connectivity index (χ2n) is 5.07. The molecule has 0 aliphatic heterocycles. The summed E-state index contributed by atoms with van der Waals surface area (Å²) in [4.78, 5) is 23.9. The highest BCUT2D eigenvalue weighted by atomic mass is 19.1. The zero-order valence-corrected chi connectivity index (χ0v) is 13.5. The lowest BCUT2D eigenvalue weighted by Gasteiger charge is -2.10. The van der Waals surface area contributed by atoms with E-state index in [9.17, 15) is 14.0 Å². The molecule has 0 aliphatic rings. The fraction of sp³-hybridized carbons (Fsp3) is 0.222. The first-order chi connectivity index (χ1) is 11.5. The minimum atomic E-state index is -0.413. The quantitative estimate of drug-likeness (QED) is 0.791. The number of Topliss-reactive ketones (excluding diaryl/α,β-unsaturated/α-hetero) is 1. The van der Waals surface area contributed by atoms with Gasteiger partial charge in [-0.3, -0.25) is 9.59 Å². The van der Waals surface area contributed by atoms with Crippen molar-refractivity contribution < 1.29 is 23.5 Å². The molecule has 0 aromatic heterocycles. The standard InChI is InChI=1S/C18H18FNO4/c1-23-16-8-3-12(9-17(16)24-2)10-18(22)20-11-15(21)13-4-6-14(19)7-5-13/h3-9H,10-11H2,1-2H3,(H,20,22). The van der Waals surface area contributed by atoms with Crippen LogP contribution in [0, 0.1) is 5.82 Å². The normalized spacial score (nSPS) is 10.1. The summed E-state index contributed by atoms with van der Waals surface area (Å²) in [7, 11) is 3.05. The van der Waals surface area contributed by atoms with Crippen molar-refractivity contribution >= 4 is 11.7 Å². The van der Waals surface area contributed by atoms with E-state index in [2.05, 4.69) is 5.32 Å². The maximum absolute atomic E-state index is 12.8. The summed E-state index contributed by atoms with van der Waals surface area (Å²) in [6, 6.07) is 10.4.